The molecule has 0 aromatic heterocycles. The Morgan fingerprint density at radius 1 is 1.02 bits per heavy atom. The summed E-state index contributed by atoms with van der Waals surface area (Å²) in [6.45, 7) is 13.8. The lowest BCUT2D eigenvalue weighted by molar-refractivity contribution is -0.121. The number of rotatable bonds is 15. The molecule has 1 amide bonds. The van der Waals surface area contributed by atoms with Crippen molar-refractivity contribution in [1.29, 1.82) is 0 Å². The molecule has 0 saturated carbocycles. The van der Waals surface area contributed by atoms with E-state index in [1.165, 1.54) is 16.8 Å². The standard InChI is InChI=1S/C36H46ClN3O3/c1-27-7-5-8-35(29(27)3)40(28(2)26-43-34-16-12-32(37)13-17-34)22-6-21-39-23-19-30(20-24-39)11-18-36(41)38-25-31-9-14-33(42-4)15-10-31/h5,7-10,12-17,30H,2,6,11,18-26H2,1,3-4H3,(H,38,41). The Kier molecular flexibility index (Phi) is 12.4. The second kappa shape index (κ2) is 16.4. The Hall–Kier alpha value is -3.48. The van der Waals surface area contributed by atoms with E-state index in [-0.39, 0.29) is 5.91 Å². The molecule has 1 heterocycles. The number of piperidine rings is 1. The third-order valence-electron chi connectivity index (χ3n) is 8.46. The summed E-state index contributed by atoms with van der Waals surface area (Å²) in [5.74, 6) is 2.35. The first-order valence-corrected chi connectivity index (χ1v) is 15.7. The van der Waals surface area contributed by atoms with Gasteiger partial charge in [0.15, 0.2) is 0 Å². The van der Waals surface area contributed by atoms with E-state index < -0.39 is 0 Å². The molecule has 7 heteroatoms. The van der Waals surface area contributed by atoms with Gasteiger partial charge in [0.25, 0.3) is 0 Å². The van der Waals surface area contributed by atoms with Gasteiger partial charge >= 0.3 is 0 Å². The molecule has 0 aliphatic carbocycles. The molecule has 3 aromatic carbocycles. The summed E-state index contributed by atoms with van der Waals surface area (Å²) in [6.07, 6.45) is 4.87. The minimum absolute atomic E-state index is 0.130. The van der Waals surface area contributed by atoms with Crippen molar-refractivity contribution in [2.45, 2.75) is 52.5 Å². The molecule has 6 nitrogen and oxygen atoms in total. The number of halogens is 1. The van der Waals surface area contributed by atoms with Crippen LogP contribution in [-0.4, -0.2) is 50.7 Å². The summed E-state index contributed by atoms with van der Waals surface area (Å²) in [7, 11) is 1.65. The highest BCUT2D eigenvalue weighted by Gasteiger charge is 2.21. The van der Waals surface area contributed by atoms with E-state index >= 15 is 0 Å². The number of amides is 1. The van der Waals surface area contributed by atoms with Crippen molar-refractivity contribution in [3.63, 3.8) is 0 Å². The van der Waals surface area contributed by atoms with Crippen LogP contribution in [0.15, 0.2) is 79.0 Å². The minimum atomic E-state index is 0.130. The Bertz CT molecular complexity index is 1320. The van der Waals surface area contributed by atoms with Gasteiger partial charge in [-0.05, 0) is 124 Å². The van der Waals surface area contributed by atoms with Crippen LogP contribution < -0.4 is 19.7 Å². The highest BCUT2D eigenvalue weighted by molar-refractivity contribution is 6.30. The monoisotopic (exact) mass is 603 g/mol. The summed E-state index contributed by atoms with van der Waals surface area (Å²) in [6, 6.07) is 21.7. The maximum absolute atomic E-state index is 12.4. The van der Waals surface area contributed by atoms with Gasteiger partial charge in [-0.15, -0.1) is 0 Å². The van der Waals surface area contributed by atoms with Crippen LogP contribution in [0.5, 0.6) is 11.5 Å². The molecule has 0 bridgehead atoms. The Morgan fingerprint density at radius 2 is 1.72 bits per heavy atom. The molecule has 1 aliphatic heterocycles. The SMILES string of the molecule is C=C(COc1ccc(Cl)cc1)N(CCCN1CCC(CCC(=O)NCc2ccc(OC)cc2)CC1)c1cccc(C)c1C. The molecule has 0 radical (unpaired) electrons. The van der Waals surface area contributed by atoms with E-state index in [9.17, 15) is 4.79 Å². The smallest absolute Gasteiger partial charge is 0.220 e. The Morgan fingerprint density at radius 3 is 2.42 bits per heavy atom. The van der Waals surface area contributed by atoms with E-state index in [2.05, 4.69) is 53.7 Å². The number of anilines is 1. The van der Waals surface area contributed by atoms with Crippen LogP contribution in [0, 0.1) is 19.8 Å². The number of benzene rings is 3. The number of nitrogens with one attached hydrogen (secondary N) is 1. The number of hydrogen-bond acceptors (Lipinski definition) is 5. The van der Waals surface area contributed by atoms with Crippen molar-refractivity contribution in [2.24, 2.45) is 5.92 Å². The molecule has 1 fully saturated rings. The maximum Gasteiger partial charge on any atom is 0.220 e. The highest BCUT2D eigenvalue weighted by Crippen LogP contribution is 2.27. The molecule has 1 aliphatic rings. The molecule has 43 heavy (non-hydrogen) atoms. The molecule has 0 unspecified atom stereocenters. The third kappa shape index (κ3) is 10.0. The maximum atomic E-state index is 12.4. The zero-order valence-corrected chi connectivity index (χ0v) is 26.7. The number of likely N-dealkylation sites (tertiary alicyclic amines) is 1. The average Bonchev–Trinajstić information content (AvgIpc) is 3.03. The quantitative estimate of drug-likeness (QED) is 0.194. The summed E-state index contributed by atoms with van der Waals surface area (Å²) < 4.78 is 11.2. The first-order valence-electron chi connectivity index (χ1n) is 15.3. The zero-order chi connectivity index (χ0) is 30.6. The largest absolute Gasteiger partial charge is 0.497 e. The summed E-state index contributed by atoms with van der Waals surface area (Å²) >= 11 is 6.03. The van der Waals surface area contributed by atoms with Crippen molar-refractivity contribution >= 4 is 23.2 Å². The van der Waals surface area contributed by atoms with Crippen molar-refractivity contribution in [1.82, 2.24) is 10.2 Å². The fourth-order valence-electron chi connectivity index (χ4n) is 5.57. The second-order valence-electron chi connectivity index (χ2n) is 11.5. The minimum Gasteiger partial charge on any atom is -0.497 e. The summed E-state index contributed by atoms with van der Waals surface area (Å²) in [5.41, 5.74) is 5.74. The van der Waals surface area contributed by atoms with Gasteiger partial charge in [-0.3, -0.25) is 4.79 Å². The van der Waals surface area contributed by atoms with Crippen LogP contribution in [0.2, 0.25) is 5.02 Å². The van der Waals surface area contributed by atoms with Gasteiger partial charge in [-0.25, -0.2) is 0 Å². The van der Waals surface area contributed by atoms with Crippen LogP contribution in [0.4, 0.5) is 5.69 Å². The summed E-state index contributed by atoms with van der Waals surface area (Å²) in [4.78, 5) is 17.3. The predicted molar refractivity (Wildman–Crippen MR) is 177 cm³/mol. The lowest BCUT2D eigenvalue weighted by atomic mass is 9.92. The van der Waals surface area contributed by atoms with Gasteiger partial charge in [0.1, 0.15) is 18.1 Å². The first-order chi connectivity index (χ1) is 20.8. The van der Waals surface area contributed by atoms with E-state index in [4.69, 9.17) is 21.1 Å². The predicted octanol–water partition coefficient (Wildman–Crippen LogP) is 7.56. The van der Waals surface area contributed by atoms with Gasteiger partial charge in [-0.2, -0.15) is 0 Å². The Balaban J connectivity index is 1.20. The average molecular weight is 604 g/mol. The Labute approximate surface area is 262 Å². The number of methoxy groups -OCH3 is 1. The van der Waals surface area contributed by atoms with Crippen molar-refractivity contribution in [2.75, 3.05) is 44.8 Å². The van der Waals surface area contributed by atoms with E-state index in [0.717, 1.165) is 74.6 Å². The van der Waals surface area contributed by atoms with Gasteiger partial charge in [-0.1, -0.05) is 42.4 Å². The third-order valence-corrected chi connectivity index (χ3v) is 8.71. The molecule has 4 rings (SSSR count). The first kappa shape index (κ1) is 32.4. The van der Waals surface area contributed by atoms with Crippen molar-refractivity contribution in [3.8, 4) is 11.5 Å². The van der Waals surface area contributed by atoms with Crippen LogP contribution in [0.1, 0.15) is 48.8 Å². The number of hydrogen-bond donors (Lipinski definition) is 1. The van der Waals surface area contributed by atoms with E-state index in [1.54, 1.807) is 7.11 Å². The number of ether oxygens (including phenoxy) is 2. The second-order valence-corrected chi connectivity index (χ2v) is 11.9. The zero-order valence-electron chi connectivity index (χ0n) is 25.9. The normalized spacial score (nSPS) is 13.9. The lowest BCUT2D eigenvalue weighted by Gasteiger charge is -2.33. The van der Waals surface area contributed by atoms with Crippen LogP contribution >= 0.6 is 11.6 Å². The van der Waals surface area contributed by atoms with Gasteiger partial charge in [0.05, 0.1) is 7.11 Å². The summed E-state index contributed by atoms with van der Waals surface area (Å²) in [5, 5.41) is 3.75. The van der Waals surface area contributed by atoms with E-state index in [1.807, 2.05) is 48.5 Å². The number of carbonyl (C=O) groups excluding carboxylic acids is 1. The molecular formula is C36H46ClN3O3. The van der Waals surface area contributed by atoms with Crippen molar-refractivity contribution < 1.29 is 14.3 Å². The molecule has 0 spiro atoms. The number of aryl methyl sites for hydroxylation is 1. The molecular weight excluding hydrogens is 558 g/mol. The fraction of sp³-hybridized carbons (Fsp3) is 0.417. The van der Waals surface area contributed by atoms with Crippen molar-refractivity contribution in [3.05, 3.63) is 101 Å². The number of carbonyl (C=O) groups is 1. The van der Waals surface area contributed by atoms with Crippen LogP contribution in [0.25, 0.3) is 0 Å². The number of nitrogens with zero attached hydrogens (tertiary/aromatic N) is 2. The fourth-order valence-corrected chi connectivity index (χ4v) is 5.70. The van der Waals surface area contributed by atoms with Crippen LogP contribution in [-0.2, 0) is 11.3 Å². The molecule has 3 aromatic rings. The van der Waals surface area contributed by atoms with Gasteiger partial charge < -0.3 is 24.6 Å². The highest BCUT2D eigenvalue weighted by atomic mass is 35.5. The van der Waals surface area contributed by atoms with Crippen LogP contribution in [0.3, 0.4) is 0 Å². The molecule has 0 atom stereocenters. The van der Waals surface area contributed by atoms with Gasteiger partial charge in [0.2, 0.25) is 5.91 Å². The molecule has 230 valence electrons. The topological polar surface area (TPSA) is 54.0 Å². The van der Waals surface area contributed by atoms with E-state index in [0.29, 0.717) is 30.5 Å². The molecule has 1 saturated heterocycles. The lowest BCUT2D eigenvalue weighted by Crippen LogP contribution is -2.36. The molecule has 1 N–H and O–H groups in total. The van der Waals surface area contributed by atoms with Gasteiger partial charge in [0, 0.05) is 35.9 Å².